The first-order valence-corrected chi connectivity index (χ1v) is 4.69. The largest absolute Gasteiger partial charge is 0.265 e. The summed E-state index contributed by atoms with van der Waals surface area (Å²) >= 11 is 0. The van der Waals surface area contributed by atoms with E-state index in [1.54, 1.807) is 0 Å². The van der Waals surface area contributed by atoms with E-state index in [9.17, 15) is 0 Å². The summed E-state index contributed by atoms with van der Waals surface area (Å²) in [5.41, 5.74) is 3.70. The highest BCUT2D eigenvalue weighted by Gasteiger charge is 1.96. The third-order valence-corrected chi connectivity index (χ3v) is 2.23. The maximum Gasteiger partial charge on any atom is 0.0273 e. The summed E-state index contributed by atoms with van der Waals surface area (Å²) in [6.07, 6.45) is 4.46. The highest BCUT2D eigenvalue weighted by molar-refractivity contribution is 5.63. The van der Waals surface area contributed by atoms with Crippen LogP contribution in [0.4, 0.5) is 0 Å². The number of rotatable bonds is 2. The fraction of sp³-hybridized carbons (Fsp3) is 0.0769. The third kappa shape index (κ3) is 1.82. The number of nitrogens with zero attached hydrogens (tertiary/aromatic N) is 1. The number of hydrogen-bond acceptors (Lipinski definition) is 1. The molecule has 69 valence electrons. The number of benzene rings is 1. The molecule has 0 atom stereocenters. The molecule has 0 saturated heterocycles. The quantitative estimate of drug-likeness (QED) is 0.695. The van der Waals surface area contributed by atoms with Crippen LogP contribution < -0.4 is 0 Å². The van der Waals surface area contributed by atoms with Crippen molar-refractivity contribution in [2.45, 2.75) is 6.42 Å². The van der Waals surface area contributed by atoms with Crippen molar-refractivity contribution >= 4 is 0 Å². The molecule has 0 bridgehead atoms. The Labute approximate surface area is 84.4 Å². The highest BCUT2D eigenvalue weighted by atomic mass is 14.6. The first-order chi connectivity index (χ1) is 6.90. The van der Waals surface area contributed by atoms with E-state index in [0.29, 0.717) is 0 Å². The normalized spacial score (nSPS) is 10.1. The van der Waals surface area contributed by atoms with E-state index in [4.69, 9.17) is 0 Å². The molecule has 0 aliphatic rings. The van der Waals surface area contributed by atoms with Crippen LogP contribution in [0.2, 0.25) is 0 Å². The van der Waals surface area contributed by atoms with Crippen LogP contribution in [0.3, 0.4) is 0 Å². The van der Waals surface area contributed by atoms with Crippen molar-refractivity contribution < 1.29 is 0 Å². The molecule has 0 fully saturated rings. The molecular formula is C13H12N. The van der Waals surface area contributed by atoms with Gasteiger partial charge in [-0.2, -0.15) is 0 Å². The second-order valence-corrected chi connectivity index (χ2v) is 3.19. The van der Waals surface area contributed by atoms with Gasteiger partial charge in [0.2, 0.25) is 0 Å². The zero-order chi connectivity index (χ0) is 9.80. The minimum Gasteiger partial charge on any atom is -0.265 e. The van der Waals surface area contributed by atoms with Crippen molar-refractivity contribution in [2.75, 3.05) is 0 Å². The Balaban J connectivity index is 2.42. The molecule has 1 nitrogen and oxygen atoms in total. The van der Waals surface area contributed by atoms with Crippen LogP contribution in [-0.4, -0.2) is 4.98 Å². The summed E-state index contributed by atoms with van der Waals surface area (Å²) in [5.74, 6) is 0. The first kappa shape index (κ1) is 8.95. The number of hydrogen-bond donors (Lipinski definition) is 0. The molecule has 0 aliphatic carbocycles. The Bertz CT molecular complexity index is 407. The highest BCUT2D eigenvalue weighted by Crippen LogP contribution is 2.19. The number of pyridine rings is 1. The average molecular weight is 182 g/mol. The maximum atomic E-state index is 4.00. The van der Waals surface area contributed by atoms with E-state index < -0.39 is 0 Å². The fourth-order valence-electron chi connectivity index (χ4n) is 1.45. The van der Waals surface area contributed by atoms with Gasteiger partial charge in [-0.25, -0.2) is 0 Å². The van der Waals surface area contributed by atoms with Crippen LogP contribution in [0.5, 0.6) is 0 Å². The minimum absolute atomic E-state index is 0.832. The summed E-state index contributed by atoms with van der Waals surface area (Å²) in [6.45, 7) is 3.88. The minimum atomic E-state index is 0.832. The van der Waals surface area contributed by atoms with E-state index in [2.05, 4.69) is 36.2 Å². The van der Waals surface area contributed by atoms with Gasteiger partial charge in [-0.05, 0) is 42.2 Å². The van der Waals surface area contributed by atoms with Gasteiger partial charge in [0.05, 0.1) is 0 Å². The second kappa shape index (κ2) is 4.05. The smallest absolute Gasteiger partial charge is 0.0273 e. The van der Waals surface area contributed by atoms with Crippen molar-refractivity contribution in [2.24, 2.45) is 0 Å². The molecule has 1 heteroatoms. The van der Waals surface area contributed by atoms with Crippen molar-refractivity contribution in [3.8, 4) is 11.1 Å². The van der Waals surface area contributed by atoms with Gasteiger partial charge in [0.15, 0.2) is 0 Å². The summed E-state index contributed by atoms with van der Waals surface area (Å²) in [7, 11) is 0. The summed E-state index contributed by atoms with van der Waals surface area (Å²) in [4.78, 5) is 4.00. The SMILES string of the molecule is [CH2]Cc1cccc(-c2ccncc2)c1. The predicted octanol–water partition coefficient (Wildman–Crippen LogP) is 3.13. The molecule has 0 saturated carbocycles. The van der Waals surface area contributed by atoms with E-state index in [-0.39, 0.29) is 0 Å². The fourth-order valence-corrected chi connectivity index (χ4v) is 1.45. The molecule has 1 aromatic carbocycles. The predicted molar refractivity (Wildman–Crippen MR) is 58.7 cm³/mol. The van der Waals surface area contributed by atoms with Crippen LogP contribution in [0.1, 0.15) is 5.56 Å². The van der Waals surface area contributed by atoms with Gasteiger partial charge in [0.1, 0.15) is 0 Å². The molecule has 1 heterocycles. The lowest BCUT2D eigenvalue weighted by molar-refractivity contribution is 1.27. The summed E-state index contributed by atoms with van der Waals surface area (Å²) in [5, 5.41) is 0. The van der Waals surface area contributed by atoms with E-state index in [0.717, 1.165) is 6.42 Å². The molecule has 0 spiro atoms. The molecule has 2 rings (SSSR count). The second-order valence-electron chi connectivity index (χ2n) is 3.19. The zero-order valence-corrected chi connectivity index (χ0v) is 7.98. The van der Waals surface area contributed by atoms with Gasteiger partial charge >= 0.3 is 0 Å². The van der Waals surface area contributed by atoms with Gasteiger partial charge < -0.3 is 0 Å². The van der Waals surface area contributed by atoms with Gasteiger partial charge in [-0.15, -0.1) is 0 Å². The van der Waals surface area contributed by atoms with E-state index >= 15 is 0 Å². The summed E-state index contributed by atoms with van der Waals surface area (Å²) in [6, 6.07) is 12.5. The van der Waals surface area contributed by atoms with E-state index in [1.807, 2.05) is 24.5 Å². The lowest BCUT2D eigenvalue weighted by Crippen LogP contribution is -1.82. The lowest BCUT2D eigenvalue weighted by atomic mass is 10.0. The zero-order valence-electron chi connectivity index (χ0n) is 7.98. The lowest BCUT2D eigenvalue weighted by Gasteiger charge is -2.02. The summed E-state index contributed by atoms with van der Waals surface area (Å²) < 4.78 is 0. The van der Waals surface area contributed by atoms with Crippen molar-refractivity contribution in [1.82, 2.24) is 4.98 Å². The molecule has 0 N–H and O–H groups in total. The number of aromatic nitrogens is 1. The van der Waals surface area contributed by atoms with Gasteiger partial charge in [0, 0.05) is 12.4 Å². The van der Waals surface area contributed by atoms with Crippen LogP contribution in [0.15, 0.2) is 48.8 Å². The van der Waals surface area contributed by atoms with Crippen molar-refractivity contribution in [3.05, 3.63) is 61.3 Å². The first-order valence-electron chi connectivity index (χ1n) is 4.69. The maximum absolute atomic E-state index is 4.00. The van der Waals surface area contributed by atoms with Crippen LogP contribution in [0.25, 0.3) is 11.1 Å². The topological polar surface area (TPSA) is 12.9 Å². The Hall–Kier alpha value is -1.63. The van der Waals surface area contributed by atoms with Crippen LogP contribution in [0, 0.1) is 6.92 Å². The monoisotopic (exact) mass is 182 g/mol. The van der Waals surface area contributed by atoms with Gasteiger partial charge in [-0.3, -0.25) is 4.98 Å². The van der Waals surface area contributed by atoms with Crippen molar-refractivity contribution in [1.29, 1.82) is 0 Å². The molecule has 2 aromatic rings. The average Bonchev–Trinajstić information content (AvgIpc) is 2.30. The van der Waals surface area contributed by atoms with Gasteiger partial charge in [-0.1, -0.05) is 24.3 Å². The molecule has 0 amide bonds. The van der Waals surface area contributed by atoms with Crippen LogP contribution in [-0.2, 0) is 6.42 Å². The van der Waals surface area contributed by atoms with Gasteiger partial charge in [0.25, 0.3) is 0 Å². The Morgan fingerprint density at radius 3 is 2.50 bits per heavy atom. The molecule has 1 radical (unpaired) electrons. The standard InChI is InChI=1S/C13H12N/c1-2-11-4-3-5-13(10-11)12-6-8-14-9-7-12/h3-10H,1-2H2. The Morgan fingerprint density at radius 2 is 1.79 bits per heavy atom. The molecule has 0 unspecified atom stereocenters. The molecule has 14 heavy (non-hydrogen) atoms. The molecule has 1 aromatic heterocycles. The third-order valence-electron chi connectivity index (χ3n) is 2.23. The Kier molecular flexibility index (Phi) is 2.59. The molecular weight excluding hydrogens is 170 g/mol. The van der Waals surface area contributed by atoms with E-state index in [1.165, 1.54) is 16.7 Å². The Morgan fingerprint density at radius 1 is 1.00 bits per heavy atom. The van der Waals surface area contributed by atoms with Crippen LogP contribution >= 0.6 is 0 Å². The molecule has 0 aliphatic heterocycles. The van der Waals surface area contributed by atoms with Crippen molar-refractivity contribution in [3.63, 3.8) is 0 Å².